The van der Waals surface area contributed by atoms with Crippen LogP contribution in [0.4, 0.5) is 9.18 Å². The van der Waals surface area contributed by atoms with Crippen molar-refractivity contribution in [3.05, 3.63) is 83.4 Å². The first-order valence-electron chi connectivity index (χ1n) is 10.9. The maximum atomic E-state index is 14.2. The molecule has 0 bridgehead atoms. The number of rotatable bonds is 11. The van der Waals surface area contributed by atoms with E-state index in [0.29, 0.717) is 25.4 Å². The van der Waals surface area contributed by atoms with E-state index < -0.39 is 21.4 Å². The number of carbonyl (C=O) groups excluding carboxylic acids is 1. The normalized spacial score (nSPS) is 11.4. The Kier molecular flexibility index (Phi) is 8.78. The molecule has 182 valence electrons. The molecule has 2 amide bonds. The lowest BCUT2D eigenvalue weighted by Crippen LogP contribution is -2.41. The van der Waals surface area contributed by atoms with Crippen molar-refractivity contribution in [2.45, 2.75) is 30.9 Å². The Hall–Kier alpha value is -3.24. The maximum Gasteiger partial charge on any atom is 0.317 e. The summed E-state index contributed by atoms with van der Waals surface area (Å²) in [7, 11) is -2.44. The van der Waals surface area contributed by atoms with Gasteiger partial charge in [0.15, 0.2) is 0 Å². The van der Waals surface area contributed by atoms with Crippen molar-refractivity contribution in [2.24, 2.45) is 0 Å². The Morgan fingerprint density at radius 3 is 2.53 bits per heavy atom. The van der Waals surface area contributed by atoms with Crippen molar-refractivity contribution in [2.75, 3.05) is 26.8 Å². The van der Waals surface area contributed by atoms with Crippen LogP contribution in [-0.2, 0) is 33.4 Å². The first kappa shape index (κ1) is 25.4. The number of carbonyl (C=O) groups is 1. The molecule has 10 heteroatoms. The fourth-order valence-electron chi connectivity index (χ4n) is 3.50. The van der Waals surface area contributed by atoms with Gasteiger partial charge in [0.1, 0.15) is 5.82 Å². The molecule has 3 rings (SSSR count). The van der Waals surface area contributed by atoms with Gasteiger partial charge < -0.3 is 19.5 Å². The van der Waals surface area contributed by atoms with E-state index in [4.69, 9.17) is 4.74 Å². The van der Waals surface area contributed by atoms with Crippen LogP contribution < -0.4 is 5.32 Å². The van der Waals surface area contributed by atoms with Gasteiger partial charge in [-0.1, -0.05) is 48.5 Å². The number of halogens is 1. The summed E-state index contributed by atoms with van der Waals surface area (Å²) in [5, 5.41) is 2.59. The second-order valence-electron chi connectivity index (χ2n) is 7.70. The number of aromatic nitrogens is 2. The summed E-state index contributed by atoms with van der Waals surface area (Å²) in [6, 6.07) is 14.8. The van der Waals surface area contributed by atoms with Gasteiger partial charge in [0.2, 0.25) is 15.0 Å². The predicted octanol–water partition coefficient (Wildman–Crippen LogP) is 3.22. The molecule has 8 nitrogen and oxygen atoms in total. The van der Waals surface area contributed by atoms with E-state index in [1.54, 1.807) is 22.6 Å². The summed E-state index contributed by atoms with van der Waals surface area (Å²) in [6.07, 6.45) is 1.45. The smallest absolute Gasteiger partial charge is 0.317 e. The van der Waals surface area contributed by atoms with E-state index in [-0.39, 0.29) is 29.8 Å². The highest BCUT2D eigenvalue weighted by Crippen LogP contribution is 2.21. The van der Waals surface area contributed by atoms with Crippen LogP contribution in [0.25, 0.3) is 0 Å². The summed E-state index contributed by atoms with van der Waals surface area (Å²) in [5.74, 6) is -1.11. The number of urea groups is 1. The van der Waals surface area contributed by atoms with E-state index in [2.05, 4.69) is 10.3 Å². The number of methoxy groups -OCH3 is 1. The maximum absolute atomic E-state index is 14.2. The summed E-state index contributed by atoms with van der Waals surface area (Å²) in [4.78, 5) is 18.3. The molecular formula is C24H29FN4O4S. The lowest BCUT2D eigenvalue weighted by Gasteiger charge is -2.23. The number of nitrogens with one attached hydrogen (secondary N) is 1. The average molecular weight is 489 g/mol. The fourth-order valence-corrected chi connectivity index (χ4v) is 5.00. The number of nitrogens with zero attached hydrogens (tertiary/aromatic N) is 3. The monoisotopic (exact) mass is 488 g/mol. The molecule has 2 aromatic carbocycles. The molecule has 0 atom stereocenters. The molecule has 0 fully saturated rings. The summed E-state index contributed by atoms with van der Waals surface area (Å²) >= 11 is 0. The molecule has 1 N–H and O–H groups in total. The minimum atomic E-state index is -3.98. The van der Waals surface area contributed by atoms with Crippen LogP contribution >= 0.6 is 0 Å². The van der Waals surface area contributed by atoms with Crippen molar-refractivity contribution in [3.8, 4) is 0 Å². The van der Waals surface area contributed by atoms with Crippen LogP contribution in [0.3, 0.4) is 0 Å². The Labute approximate surface area is 199 Å². The number of hydrogen-bond donors (Lipinski definition) is 1. The standard InChI is InChI=1S/C24H29FN4O4S/c1-3-26-23(30)28(13-14-33-2)17-21-15-27-24(29(21)16-19-9-5-4-6-10-19)34(31,32)18-20-11-7-8-12-22(20)25/h4-12,15H,3,13-14,16-18H2,1-2H3,(H,26,30). The lowest BCUT2D eigenvalue weighted by molar-refractivity contribution is 0.145. The lowest BCUT2D eigenvalue weighted by atomic mass is 10.2. The van der Waals surface area contributed by atoms with Gasteiger partial charge in [-0.05, 0) is 18.6 Å². The number of benzene rings is 2. The van der Waals surface area contributed by atoms with E-state index >= 15 is 0 Å². The van der Waals surface area contributed by atoms with E-state index in [1.807, 2.05) is 37.3 Å². The zero-order chi connectivity index (χ0) is 24.6. The van der Waals surface area contributed by atoms with Gasteiger partial charge in [0.05, 0.1) is 37.3 Å². The van der Waals surface area contributed by atoms with E-state index in [0.717, 1.165) is 5.56 Å². The van der Waals surface area contributed by atoms with Crippen molar-refractivity contribution < 1.29 is 22.3 Å². The fraction of sp³-hybridized carbons (Fsp3) is 0.333. The van der Waals surface area contributed by atoms with Crippen LogP contribution in [0.15, 0.2) is 66.0 Å². The molecule has 0 aliphatic heterocycles. The van der Waals surface area contributed by atoms with E-state index in [1.165, 1.54) is 24.4 Å². The molecule has 0 spiro atoms. The molecule has 1 heterocycles. The Morgan fingerprint density at radius 2 is 1.85 bits per heavy atom. The van der Waals surface area contributed by atoms with Crippen molar-refractivity contribution >= 4 is 15.9 Å². The first-order valence-corrected chi connectivity index (χ1v) is 12.6. The van der Waals surface area contributed by atoms with Gasteiger partial charge in [-0.25, -0.2) is 22.6 Å². The Morgan fingerprint density at radius 1 is 1.15 bits per heavy atom. The second-order valence-corrected chi connectivity index (χ2v) is 9.59. The van der Waals surface area contributed by atoms with Gasteiger partial charge in [-0.15, -0.1) is 0 Å². The third kappa shape index (κ3) is 6.42. The van der Waals surface area contributed by atoms with Crippen molar-refractivity contribution in [1.29, 1.82) is 0 Å². The average Bonchev–Trinajstić information content (AvgIpc) is 3.21. The molecule has 0 saturated carbocycles. The number of amides is 2. The first-order chi connectivity index (χ1) is 16.4. The highest BCUT2D eigenvalue weighted by atomic mass is 32.2. The van der Waals surface area contributed by atoms with Gasteiger partial charge >= 0.3 is 6.03 Å². The molecule has 3 aromatic rings. The number of hydrogen-bond acceptors (Lipinski definition) is 5. The predicted molar refractivity (Wildman–Crippen MR) is 126 cm³/mol. The molecule has 0 aliphatic carbocycles. The van der Waals surface area contributed by atoms with Crippen molar-refractivity contribution in [3.63, 3.8) is 0 Å². The van der Waals surface area contributed by atoms with Crippen molar-refractivity contribution in [1.82, 2.24) is 19.8 Å². The van der Waals surface area contributed by atoms with Crippen LogP contribution in [-0.4, -0.2) is 55.7 Å². The SMILES string of the molecule is CCNC(=O)N(CCOC)Cc1cnc(S(=O)(=O)Cc2ccccc2F)n1Cc1ccccc1. The topological polar surface area (TPSA) is 93.5 Å². The molecule has 0 aliphatic rings. The van der Waals surface area contributed by atoms with Gasteiger partial charge in [-0.3, -0.25) is 0 Å². The highest BCUT2D eigenvalue weighted by Gasteiger charge is 2.26. The molecular weight excluding hydrogens is 459 g/mol. The van der Waals surface area contributed by atoms with Crippen LogP contribution in [0, 0.1) is 5.82 Å². The molecule has 0 radical (unpaired) electrons. The number of ether oxygens (including phenoxy) is 1. The summed E-state index contributed by atoms with van der Waals surface area (Å²) in [6.45, 7) is 3.27. The zero-order valence-corrected chi connectivity index (χ0v) is 20.1. The second kappa shape index (κ2) is 11.8. The van der Waals surface area contributed by atoms with Gasteiger partial charge in [0.25, 0.3) is 0 Å². The van der Waals surface area contributed by atoms with Crippen LogP contribution in [0.1, 0.15) is 23.7 Å². The van der Waals surface area contributed by atoms with Gasteiger partial charge in [-0.2, -0.15) is 0 Å². The van der Waals surface area contributed by atoms with Crippen LogP contribution in [0.2, 0.25) is 0 Å². The highest BCUT2D eigenvalue weighted by molar-refractivity contribution is 7.90. The largest absolute Gasteiger partial charge is 0.383 e. The Bertz CT molecular complexity index is 1200. The summed E-state index contributed by atoms with van der Waals surface area (Å²) in [5.41, 5.74) is 1.48. The zero-order valence-electron chi connectivity index (χ0n) is 19.3. The Balaban J connectivity index is 2.00. The quantitative estimate of drug-likeness (QED) is 0.447. The van der Waals surface area contributed by atoms with Crippen LogP contribution in [0.5, 0.6) is 0 Å². The molecule has 1 aromatic heterocycles. The third-order valence-corrected chi connectivity index (χ3v) is 6.77. The number of imidazole rings is 1. The summed E-state index contributed by atoms with van der Waals surface area (Å²) < 4.78 is 47.5. The molecule has 0 unspecified atom stereocenters. The minimum Gasteiger partial charge on any atom is -0.383 e. The van der Waals surface area contributed by atoms with E-state index in [9.17, 15) is 17.6 Å². The molecule has 0 saturated heterocycles. The minimum absolute atomic E-state index is 0.0716. The molecule has 34 heavy (non-hydrogen) atoms. The third-order valence-electron chi connectivity index (χ3n) is 5.20. The number of sulfone groups is 1. The van der Waals surface area contributed by atoms with Gasteiger partial charge in [0, 0.05) is 25.8 Å².